The van der Waals surface area contributed by atoms with Gasteiger partial charge in [0.25, 0.3) is 0 Å². The number of fused-ring (bicyclic) bond motifs is 3. The molecule has 0 amide bonds. The molecule has 21 nitrogen and oxygen atoms in total. The molecule has 0 bridgehead atoms. The summed E-state index contributed by atoms with van der Waals surface area (Å²) < 4.78 is 29.3. The molecule has 12 heterocycles. The van der Waals surface area contributed by atoms with Crippen molar-refractivity contribution in [2.24, 2.45) is 11.8 Å². The quantitative estimate of drug-likeness (QED) is 0.0641. The number of nitriles is 1. The largest absolute Gasteiger partial charge is 0.392 e. The first-order valence-corrected chi connectivity index (χ1v) is 26.7. The Morgan fingerprint density at radius 2 is 1.24 bits per heavy atom. The number of hydrogen-bond acceptors (Lipinski definition) is 18. The fourth-order valence-corrected chi connectivity index (χ4v) is 10.2. The number of aromatic amines is 3. The van der Waals surface area contributed by atoms with Crippen LogP contribution in [0.5, 0.6) is 0 Å². The standard InChI is InChI=1S/C20H24F2N6O.C20H23N7.C16H18N6O.4H2/c1-11(2)20(3,29)15-10-28(8-7-23-15)19-14(22)9-13(21)17(25-19)16-12-5-4-6-24-18(12)27-26-16;1-13(2)8-15-12-27(7-6-22-15)18-10-14(11-21)9-17(24-18)19-16-4-3-5-23-20(16)26-25-19;23-10-11-8-13(15-12-2-1-3-18-16(12)21-20-15)19-14(9-11)22-6-4-17-5-7-22;;;;/h4-6,9,11,15,23,29H,7-8,10H2,1-3H3,(H,24,26,27);3-5,9-10,13,15,22H,6-8,12H2,1-2H3,(H,23,25,26);1-3,8-9,17,23H,4-7,10H2,(H,18,20,21);4*1H/t;15-;;;;;/m.0...../s1. The number of nitrogens with one attached hydrogen (secondary N) is 6. The summed E-state index contributed by atoms with van der Waals surface area (Å²) in [5.74, 6) is 0.912. The van der Waals surface area contributed by atoms with Crippen LogP contribution in [-0.4, -0.2) is 154 Å². The number of aliphatic hydroxyl groups excluding tert-OH is 1. The third-order valence-electron chi connectivity index (χ3n) is 14.8. The lowest BCUT2D eigenvalue weighted by Crippen LogP contribution is -2.62. The van der Waals surface area contributed by atoms with E-state index in [9.17, 15) is 24.3 Å². The summed E-state index contributed by atoms with van der Waals surface area (Å²) in [5, 5.41) is 64.0. The average molecular weight is 1080 g/mol. The second kappa shape index (κ2) is 23.8. The SMILES string of the molecule is CC(C)C(C)(O)C1CN(c2nc(-c3[nH]nc4ncccc34)c(F)cc2F)CCN1.CC(C)C[C@H]1CN(c2cc(C#N)cc(-c3[nH]nc4ncccc34)n2)CCN1.OCc1cc(-c2[nH]nc3ncccc23)nc(N2CCNCC2)c1.[HH].[HH].[HH].[HH]. The monoisotopic (exact) mass is 1080 g/mol. The molecule has 12 rings (SSSR count). The molecule has 418 valence electrons. The molecule has 3 aliphatic rings. The first kappa shape index (κ1) is 54.2. The Kier molecular flexibility index (Phi) is 16.4. The molecule has 0 radical (unpaired) electrons. The third-order valence-corrected chi connectivity index (χ3v) is 14.8. The van der Waals surface area contributed by atoms with Crippen LogP contribution in [0.2, 0.25) is 0 Å². The first-order chi connectivity index (χ1) is 38.3. The summed E-state index contributed by atoms with van der Waals surface area (Å²) in [4.78, 5) is 32.8. The molecule has 9 aromatic rings. The van der Waals surface area contributed by atoms with Crippen molar-refractivity contribution in [1.82, 2.24) is 76.4 Å². The van der Waals surface area contributed by atoms with E-state index in [-0.39, 0.29) is 35.8 Å². The zero-order valence-electron chi connectivity index (χ0n) is 44.8. The number of pyridine rings is 6. The fraction of sp³-hybridized carbons (Fsp3) is 0.393. The van der Waals surface area contributed by atoms with Crippen molar-refractivity contribution >= 4 is 50.6 Å². The molecule has 3 aliphatic heterocycles. The number of aromatic nitrogens is 12. The molecule has 2 unspecified atom stereocenters. The predicted molar refractivity (Wildman–Crippen MR) is 308 cm³/mol. The highest BCUT2D eigenvalue weighted by Gasteiger charge is 2.39. The molecule has 3 saturated heterocycles. The van der Waals surface area contributed by atoms with Gasteiger partial charge < -0.3 is 40.9 Å². The van der Waals surface area contributed by atoms with Crippen LogP contribution in [0.3, 0.4) is 0 Å². The third kappa shape index (κ3) is 12.0. The Balaban J connectivity index is 0.000000196. The van der Waals surface area contributed by atoms with Crippen LogP contribution in [-0.2, 0) is 6.61 Å². The zero-order valence-corrected chi connectivity index (χ0v) is 44.8. The summed E-state index contributed by atoms with van der Waals surface area (Å²) >= 11 is 0. The Hall–Kier alpha value is -8.14. The second-order valence-corrected chi connectivity index (χ2v) is 20.9. The minimum Gasteiger partial charge on any atom is -0.392 e. The minimum atomic E-state index is -0.983. The maximum absolute atomic E-state index is 14.7. The van der Waals surface area contributed by atoms with E-state index >= 15 is 0 Å². The van der Waals surface area contributed by atoms with Gasteiger partial charge in [0.1, 0.15) is 17.3 Å². The molecule has 0 aliphatic carbocycles. The lowest BCUT2D eigenvalue weighted by atomic mass is 9.84. The van der Waals surface area contributed by atoms with E-state index in [0.717, 1.165) is 109 Å². The minimum absolute atomic E-state index is 0. The molecule has 0 spiro atoms. The summed E-state index contributed by atoms with van der Waals surface area (Å²) in [7, 11) is 0. The van der Waals surface area contributed by atoms with Crippen LogP contribution >= 0.6 is 0 Å². The van der Waals surface area contributed by atoms with E-state index in [1.807, 2.05) is 56.3 Å². The summed E-state index contributed by atoms with van der Waals surface area (Å²) in [6, 6.07) is 22.0. The van der Waals surface area contributed by atoms with Gasteiger partial charge in [0.15, 0.2) is 34.4 Å². The van der Waals surface area contributed by atoms with Gasteiger partial charge in [-0.3, -0.25) is 15.3 Å². The van der Waals surface area contributed by atoms with Crippen molar-refractivity contribution in [2.45, 2.75) is 65.3 Å². The van der Waals surface area contributed by atoms with Crippen molar-refractivity contribution in [3.05, 3.63) is 108 Å². The Labute approximate surface area is 461 Å². The summed E-state index contributed by atoms with van der Waals surface area (Å²) in [6.07, 6.45) is 6.15. The van der Waals surface area contributed by atoms with Crippen molar-refractivity contribution in [2.75, 3.05) is 80.1 Å². The number of H-pyrrole nitrogens is 3. The normalized spacial score (nSPS) is 17.6. The Morgan fingerprint density at radius 1 is 0.684 bits per heavy atom. The van der Waals surface area contributed by atoms with E-state index in [0.29, 0.717) is 65.2 Å². The molecule has 9 aromatic heterocycles. The van der Waals surface area contributed by atoms with E-state index in [2.05, 4.69) is 96.2 Å². The fourth-order valence-electron chi connectivity index (χ4n) is 10.2. The Bertz CT molecular complexity index is 3610. The average Bonchev–Trinajstić information content (AvgIpc) is 4.32. The van der Waals surface area contributed by atoms with E-state index in [4.69, 9.17) is 9.97 Å². The maximum Gasteiger partial charge on any atom is 0.181 e. The lowest BCUT2D eigenvalue weighted by molar-refractivity contribution is -0.0232. The van der Waals surface area contributed by atoms with Crippen LogP contribution in [0, 0.1) is 34.8 Å². The topological polar surface area (TPSA) is 273 Å². The van der Waals surface area contributed by atoms with Crippen LogP contribution in [0.4, 0.5) is 26.2 Å². The van der Waals surface area contributed by atoms with Gasteiger partial charge in [0.2, 0.25) is 0 Å². The van der Waals surface area contributed by atoms with Crippen LogP contribution in [0.25, 0.3) is 67.3 Å². The summed E-state index contributed by atoms with van der Waals surface area (Å²) in [6.45, 7) is 17.9. The van der Waals surface area contributed by atoms with Gasteiger partial charge in [-0.05, 0) is 91.4 Å². The van der Waals surface area contributed by atoms with Gasteiger partial charge in [-0.25, -0.2) is 38.7 Å². The highest BCUT2D eigenvalue weighted by Crippen LogP contribution is 2.33. The highest BCUT2D eigenvalue weighted by atomic mass is 19.1. The van der Waals surface area contributed by atoms with Crippen molar-refractivity contribution < 1.29 is 24.7 Å². The summed E-state index contributed by atoms with van der Waals surface area (Å²) in [5.41, 5.74) is 5.68. The molecular weight excluding hydrogens is 1010 g/mol. The molecule has 0 saturated carbocycles. The van der Waals surface area contributed by atoms with Crippen LogP contribution in [0.15, 0.2) is 85.3 Å². The molecular formula is C56H73F2N19O2. The van der Waals surface area contributed by atoms with Gasteiger partial charge in [-0.15, -0.1) is 0 Å². The molecule has 3 fully saturated rings. The van der Waals surface area contributed by atoms with E-state index in [1.54, 1.807) is 48.6 Å². The predicted octanol–water partition coefficient (Wildman–Crippen LogP) is 7.10. The van der Waals surface area contributed by atoms with Crippen molar-refractivity contribution in [3.8, 4) is 40.2 Å². The number of anilines is 3. The molecule has 23 heteroatoms. The van der Waals surface area contributed by atoms with E-state index < -0.39 is 17.2 Å². The van der Waals surface area contributed by atoms with Gasteiger partial charge in [-0.2, -0.15) is 20.6 Å². The molecule has 8 N–H and O–H groups in total. The number of aliphatic hydroxyl groups is 2. The first-order valence-electron chi connectivity index (χ1n) is 26.7. The number of piperazine rings is 3. The van der Waals surface area contributed by atoms with Gasteiger partial charge in [0.05, 0.1) is 58.4 Å². The molecule has 0 aromatic carbocycles. The second-order valence-electron chi connectivity index (χ2n) is 20.9. The van der Waals surface area contributed by atoms with Crippen LogP contribution < -0.4 is 30.7 Å². The molecule has 3 atom stereocenters. The Morgan fingerprint density at radius 3 is 1.84 bits per heavy atom. The maximum atomic E-state index is 14.7. The zero-order chi connectivity index (χ0) is 55.2. The smallest absolute Gasteiger partial charge is 0.181 e. The molecule has 79 heavy (non-hydrogen) atoms. The van der Waals surface area contributed by atoms with Crippen molar-refractivity contribution in [3.63, 3.8) is 0 Å². The number of rotatable bonds is 11. The van der Waals surface area contributed by atoms with Gasteiger partial charge in [-0.1, -0.05) is 27.7 Å². The number of halogens is 2. The highest BCUT2D eigenvalue weighted by molar-refractivity contribution is 5.91. The number of hydrogen-bond donors (Lipinski definition) is 8. The van der Waals surface area contributed by atoms with Crippen molar-refractivity contribution in [1.29, 1.82) is 5.26 Å². The van der Waals surface area contributed by atoms with Crippen LogP contribution in [0.1, 0.15) is 57.9 Å². The number of nitrogens with zero attached hydrogens (tertiary/aromatic N) is 13. The lowest BCUT2D eigenvalue weighted by Gasteiger charge is -2.43. The van der Waals surface area contributed by atoms with E-state index in [1.165, 1.54) is 0 Å². The van der Waals surface area contributed by atoms with Gasteiger partial charge >= 0.3 is 0 Å². The van der Waals surface area contributed by atoms with Gasteiger partial charge in [0, 0.05) is 118 Å².